The number of carboxylic acid groups (broad SMARTS) is 4. The van der Waals surface area contributed by atoms with Crippen LogP contribution in [0.4, 0.5) is 9.59 Å². The highest BCUT2D eigenvalue weighted by Gasteiger charge is 1.80. The van der Waals surface area contributed by atoms with Crippen molar-refractivity contribution >= 4 is 12.3 Å². The molecule has 22 heavy (non-hydrogen) atoms. The first-order valence-electron chi connectivity index (χ1n) is 7.82. The van der Waals surface area contributed by atoms with E-state index < -0.39 is 12.3 Å². The highest BCUT2D eigenvalue weighted by atomic mass is 16.6. The SMILES string of the molecule is CCC.CCC.CCC.CCC(C)C.O=C(O)O.O=C(O)O. The molecule has 0 aliphatic heterocycles. The zero-order chi connectivity index (χ0) is 19.6. The molecule has 0 rings (SSSR count). The second-order valence-corrected chi connectivity index (χ2v) is 4.49. The first-order valence-corrected chi connectivity index (χ1v) is 7.82. The van der Waals surface area contributed by atoms with Gasteiger partial charge in [-0.05, 0) is 5.92 Å². The van der Waals surface area contributed by atoms with Gasteiger partial charge < -0.3 is 20.4 Å². The Balaban J connectivity index is -0.0000000354. The lowest BCUT2D eigenvalue weighted by molar-refractivity contribution is 0.135. The summed E-state index contributed by atoms with van der Waals surface area (Å²) < 4.78 is 0. The fraction of sp³-hybridized carbons (Fsp3) is 0.875. The highest BCUT2D eigenvalue weighted by Crippen LogP contribution is 1.93. The van der Waals surface area contributed by atoms with Crippen LogP contribution in [0.2, 0.25) is 0 Å². The first kappa shape index (κ1) is 37.1. The molecule has 0 fully saturated rings. The summed E-state index contributed by atoms with van der Waals surface area (Å²) in [6, 6.07) is 0. The second kappa shape index (κ2) is 50.4. The van der Waals surface area contributed by atoms with Crippen molar-refractivity contribution in [1.29, 1.82) is 0 Å². The van der Waals surface area contributed by atoms with E-state index in [2.05, 4.69) is 62.3 Å². The molecule has 0 aliphatic carbocycles. The maximum absolute atomic E-state index is 8.56. The van der Waals surface area contributed by atoms with Crippen molar-refractivity contribution in [2.75, 3.05) is 0 Å². The van der Waals surface area contributed by atoms with Gasteiger partial charge in [-0.25, -0.2) is 9.59 Å². The van der Waals surface area contributed by atoms with E-state index in [1.165, 1.54) is 25.7 Å². The maximum atomic E-state index is 8.56. The Hall–Kier alpha value is -1.46. The molecule has 6 nitrogen and oxygen atoms in total. The summed E-state index contributed by atoms with van der Waals surface area (Å²) >= 11 is 0. The first-order chi connectivity index (χ1) is 9.98. The molecule has 4 N–H and O–H groups in total. The van der Waals surface area contributed by atoms with Crippen LogP contribution in [0.3, 0.4) is 0 Å². The van der Waals surface area contributed by atoms with Crippen LogP contribution < -0.4 is 0 Å². The zero-order valence-corrected chi connectivity index (χ0v) is 16.0. The fourth-order valence-corrected chi connectivity index (χ4v) is 0. The number of hydrogen-bond acceptors (Lipinski definition) is 2. The van der Waals surface area contributed by atoms with Gasteiger partial charge in [0, 0.05) is 0 Å². The van der Waals surface area contributed by atoms with E-state index in [4.69, 9.17) is 30.0 Å². The zero-order valence-electron chi connectivity index (χ0n) is 16.0. The van der Waals surface area contributed by atoms with Crippen LogP contribution in [0.1, 0.15) is 88.0 Å². The van der Waals surface area contributed by atoms with E-state index in [-0.39, 0.29) is 0 Å². The summed E-state index contributed by atoms with van der Waals surface area (Å²) in [6.07, 6.45) is 1.39. The lowest BCUT2D eigenvalue weighted by Gasteiger charge is -1.90. The Kier molecular flexibility index (Phi) is 85.0. The maximum Gasteiger partial charge on any atom is 0.503 e. The van der Waals surface area contributed by atoms with Gasteiger partial charge in [0.25, 0.3) is 0 Å². The Morgan fingerprint density at radius 3 is 0.682 bits per heavy atom. The highest BCUT2D eigenvalue weighted by molar-refractivity contribution is 5.53. The molecule has 0 saturated carbocycles. The third-order valence-corrected chi connectivity index (χ3v) is 0.816. The Morgan fingerprint density at radius 1 is 0.636 bits per heavy atom. The predicted octanol–water partition coefficient (Wildman–Crippen LogP) is 6.75. The molecule has 0 aromatic heterocycles. The van der Waals surface area contributed by atoms with E-state index >= 15 is 0 Å². The van der Waals surface area contributed by atoms with Gasteiger partial charge in [0.05, 0.1) is 0 Å². The Bertz CT molecular complexity index is 145. The van der Waals surface area contributed by atoms with Gasteiger partial charge in [-0.1, -0.05) is 88.0 Å². The van der Waals surface area contributed by atoms with Gasteiger partial charge in [-0.15, -0.1) is 0 Å². The Labute approximate surface area is 137 Å². The number of rotatable bonds is 1. The van der Waals surface area contributed by atoms with Crippen molar-refractivity contribution in [1.82, 2.24) is 0 Å². The molecule has 0 unspecified atom stereocenters. The van der Waals surface area contributed by atoms with Gasteiger partial charge in [0.15, 0.2) is 0 Å². The van der Waals surface area contributed by atoms with Crippen LogP contribution >= 0.6 is 0 Å². The summed E-state index contributed by atoms with van der Waals surface area (Å²) in [5.41, 5.74) is 0. The van der Waals surface area contributed by atoms with Crippen LogP contribution in [0.5, 0.6) is 0 Å². The Morgan fingerprint density at radius 2 is 0.682 bits per heavy atom. The van der Waals surface area contributed by atoms with Gasteiger partial charge in [-0.2, -0.15) is 0 Å². The molecule has 0 heterocycles. The lowest BCUT2D eigenvalue weighted by atomic mass is 10.2. The average Bonchev–Trinajstić information content (AvgIpc) is 2.30. The smallest absolute Gasteiger partial charge is 0.450 e. The molecule has 0 saturated heterocycles. The molecule has 0 spiro atoms. The minimum absolute atomic E-state index is 0.884. The van der Waals surface area contributed by atoms with Crippen LogP contribution in [0.25, 0.3) is 0 Å². The minimum atomic E-state index is -1.83. The molecule has 0 aromatic rings. The summed E-state index contributed by atoms with van der Waals surface area (Å²) in [5, 5.41) is 27.9. The molecular formula is C16H40O6. The van der Waals surface area contributed by atoms with Gasteiger partial charge >= 0.3 is 12.3 Å². The van der Waals surface area contributed by atoms with Crippen LogP contribution in [0.15, 0.2) is 0 Å². The third kappa shape index (κ3) is 19600. The number of hydrogen-bond donors (Lipinski definition) is 4. The van der Waals surface area contributed by atoms with Crippen LogP contribution in [0, 0.1) is 5.92 Å². The summed E-state index contributed by atoms with van der Waals surface area (Å²) in [6.45, 7) is 19.4. The lowest BCUT2D eigenvalue weighted by Crippen LogP contribution is -1.81. The van der Waals surface area contributed by atoms with Gasteiger partial charge in [0.2, 0.25) is 0 Å². The molecule has 0 bridgehead atoms. The molecule has 0 radical (unpaired) electrons. The van der Waals surface area contributed by atoms with E-state index in [1.807, 2.05) is 0 Å². The van der Waals surface area contributed by atoms with E-state index in [0.29, 0.717) is 0 Å². The standard InChI is InChI=1S/C5H12.3C3H8.2CH2O3/c1-4-5(2)3;3*1-3-2;2*2-1(3)4/h5H,4H2,1-3H3;3*3H2,1-2H3;2*(H2,2,3,4). The van der Waals surface area contributed by atoms with Crippen molar-refractivity contribution in [2.24, 2.45) is 5.92 Å². The van der Waals surface area contributed by atoms with Gasteiger partial charge in [-0.3, -0.25) is 0 Å². The third-order valence-electron chi connectivity index (χ3n) is 0.816. The van der Waals surface area contributed by atoms with Gasteiger partial charge in [0.1, 0.15) is 0 Å². The van der Waals surface area contributed by atoms with Crippen molar-refractivity contribution in [3.05, 3.63) is 0 Å². The summed E-state index contributed by atoms with van der Waals surface area (Å²) in [4.78, 5) is 17.1. The average molecular weight is 328 g/mol. The normalized spacial score (nSPS) is 6.82. The van der Waals surface area contributed by atoms with Crippen molar-refractivity contribution in [2.45, 2.75) is 88.0 Å². The minimum Gasteiger partial charge on any atom is -0.450 e. The van der Waals surface area contributed by atoms with E-state index in [1.54, 1.807) is 0 Å². The van der Waals surface area contributed by atoms with Crippen molar-refractivity contribution in [3.63, 3.8) is 0 Å². The van der Waals surface area contributed by atoms with Crippen LogP contribution in [-0.4, -0.2) is 32.7 Å². The molecule has 0 aliphatic rings. The van der Waals surface area contributed by atoms with Crippen molar-refractivity contribution in [3.8, 4) is 0 Å². The predicted molar refractivity (Wildman–Crippen MR) is 94.3 cm³/mol. The molecule has 0 amide bonds. The summed E-state index contributed by atoms with van der Waals surface area (Å²) in [5.74, 6) is 0.884. The van der Waals surface area contributed by atoms with E-state index in [0.717, 1.165) is 5.92 Å². The summed E-state index contributed by atoms with van der Waals surface area (Å²) in [7, 11) is 0. The molecule has 0 atom stereocenters. The largest absolute Gasteiger partial charge is 0.503 e. The topological polar surface area (TPSA) is 115 Å². The monoisotopic (exact) mass is 328 g/mol. The molecule has 0 aromatic carbocycles. The molecule has 6 heteroatoms. The van der Waals surface area contributed by atoms with Crippen molar-refractivity contribution < 1.29 is 30.0 Å². The van der Waals surface area contributed by atoms with E-state index in [9.17, 15) is 0 Å². The second-order valence-electron chi connectivity index (χ2n) is 4.49. The molecular weight excluding hydrogens is 288 g/mol. The quantitative estimate of drug-likeness (QED) is 0.423. The van der Waals surface area contributed by atoms with Crippen LogP contribution in [-0.2, 0) is 0 Å². The number of carbonyl (C=O) groups is 2. The fourth-order valence-electron chi connectivity index (χ4n) is 0. The molecule has 140 valence electrons.